The number of benzene rings is 1. The molecule has 3 fully saturated rings. The first-order chi connectivity index (χ1) is 14.1. The fraction of sp³-hybridized carbons (Fsp3) is 0.731. The van der Waals surface area contributed by atoms with E-state index in [0.29, 0.717) is 22.6 Å². The number of hydrogen-bond acceptors (Lipinski definition) is 3. The molecule has 2 atom stereocenters. The van der Waals surface area contributed by atoms with Crippen LogP contribution in [0.15, 0.2) is 22.1 Å². The Morgan fingerprint density at radius 2 is 1.45 bits per heavy atom. The maximum atomic E-state index is 13.6. The van der Waals surface area contributed by atoms with Gasteiger partial charge in [-0.15, -0.1) is 0 Å². The van der Waals surface area contributed by atoms with Crippen molar-refractivity contribution in [2.75, 3.05) is 0 Å². The van der Waals surface area contributed by atoms with Gasteiger partial charge in [-0.05, 0) is 64.0 Å². The number of fused-ring (bicyclic) bond motifs is 2. The van der Waals surface area contributed by atoms with Crippen LogP contribution in [0.2, 0.25) is 0 Å². The van der Waals surface area contributed by atoms with Gasteiger partial charge < -0.3 is 0 Å². The summed E-state index contributed by atoms with van der Waals surface area (Å²) >= 11 is 0. The van der Waals surface area contributed by atoms with Gasteiger partial charge in [-0.25, -0.2) is 4.83 Å². The predicted octanol–water partition coefficient (Wildman–Crippen LogP) is 6.78. The van der Waals surface area contributed by atoms with Crippen molar-refractivity contribution in [2.45, 2.75) is 105 Å². The van der Waals surface area contributed by atoms with E-state index in [0.717, 1.165) is 29.7 Å². The average molecular weight is 447 g/mol. The van der Waals surface area contributed by atoms with Crippen LogP contribution in [0.25, 0.3) is 0 Å². The Kier molecular flexibility index (Phi) is 6.19. The molecule has 1 aromatic rings. The molecule has 0 amide bonds. The summed E-state index contributed by atoms with van der Waals surface area (Å²) in [4.78, 5) is 3.10. The molecule has 3 aliphatic carbocycles. The van der Waals surface area contributed by atoms with Crippen molar-refractivity contribution in [3.8, 4) is 0 Å². The summed E-state index contributed by atoms with van der Waals surface area (Å²) in [5.41, 5.74) is 4.29. The summed E-state index contributed by atoms with van der Waals surface area (Å²) in [6, 6.07) is 4.15. The van der Waals surface area contributed by atoms with Crippen LogP contribution in [0, 0.1) is 22.7 Å². The first-order valence-electron chi connectivity index (χ1n) is 11.9. The average Bonchev–Trinajstić information content (AvgIpc) is 2.63. The van der Waals surface area contributed by atoms with Crippen LogP contribution in [0.4, 0.5) is 0 Å². The molecule has 0 heterocycles. The summed E-state index contributed by atoms with van der Waals surface area (Å²) < 4.78 is 27.3. The van der Waals surface area contributed by atoms with E-state index < -0.39 is 10.0 Å². The van der Waals surface area contributed by atoms with Gasteiger partial charge in [0, 0.05) is 11.6 Å². The summed E-state index contributed by atoms with van der Waals surface area (Å²) in [7, 11) is -3.77. The number of rotatable bonds is 6. The van der Waals surface area contributed by atoms with Gasteiger partial charge in [0.15, 0.2) is 0 Å². The van der Waals surface area contributed by atoms with E-state index in [-0.39, 0.29) is 22.7 Å². The van der Waals surface area contributed by atoms with Crippen molar-refractivity contribution in [3.63, 3.8) is 0 Å². The lowest BCUT2D eigenvalue weighted by Gasteiger charge is -2.63. The third-order valence-corrected chi connectivity index (χ3v) is 9.25. The van der Waals surface area contributed by atoms with Crippen molar-refractivity contribution in [2.24, 2.45) is 27.8 Å². The van der Waals surface area contributed by atoms with E-state index in [1.54, 1.807) is 0 Å². The Bertz CT molecular complexity index is 948. The zero-order chi connectivity index (χ0) is 23.5. The molecule has 0 unspecified atom stereocenters. The topological polar surface area (TPSA) is 58.5 Å². The van der Waals surface area contributed by atoms with Gasteiger partial charge in [0.2, 0.25) is 0 Å². The molecule has 0 aromatic heterocycles. The molecule has 3 saturated carbocycles. The Morgan fingerprint density at radius 1 is 0.935 bits per heavy atom. The molecule has 174 valence electrons. The molecule has 4 nitrogen and oxygen atoms in total. The summed E-state index contributed by atoms with van der Waals surface area (Å²) in [6.45, 7) is 21.7. The number of hydrogen-bond donors (Lipinski definition) is 1. The maximum absolute atomic E-state index is 13.6. The number of nitrogens with zero attached hydrogens (tertiary/aromatic N) is 1. The number of hydrazone groups is 1. The second kappa shape index (κ2) is 7.90. The van der Waals surface area contributed by atoms with Crippen LogP contribution >= 0.6 is 0 Å². The molecular weight excluding hydrogens is 404 g/mol. The molecule has 1 N–H and O–H groups in total. The highest BCUT2D eigenvalue weighted by molar-refractivity contribution is 7.89. The smallest absolute Gasteiger partial charge is 0.200 e. The molecule has 31 heavy (non-hydrogen) atoms. The molecule has 4 rings (SSSR count). The molecule has 2 bridgehead atoms. The summed E-state index contributed by atoms with van der Waals surface area (Å²) in [6.07, 6.45) is 1.97. The monoisotopic (exact) mass is 446 g/mol. The lowest BCUT2D eigenvalue weighted by Crippen LogP contribution is -2.60. The van der Waals surface area contributed by atoms with Gasteiger partial charge in [-0.2, -0.15) is 13.5 Å². The van der Waals surface area contributed by atoms with E-state index in [4.69, 9.17) is 0 Å². The van der Waals surface area contributed by atoms with Gasteiger partial charge in [0.1, 0.15) is 0 Å². The van der Waals surface area contributed by atoms with Crippen molar-refractivity contribution in [3.05, 3.63) is 28.8 Å². The minimum Gasteiger partial charge on any atom is -0.200 e. The molecule has 5 heteroatoms. The van der Waals surface area contributed by atoms with Crippen LogP contribution in [0.1, 0.15) is 117 Å². The Labute approximate surface area is 190 Å². The van der Waals surface area contributed by atoms with Crippen molar-refractivity contribution in [1.29, 1.82) is 0 Å². The number of nitrogens with one attached hydrogen (secondary N) is 1. The van der Waals surface area contributed by atoms with Crippen LogP contribution in [0.3, 0.4) is 0 Å². The van der Waals surface area contributed by atoms with E-state index >= 15 is 0 Å². The molecule has 1 aromatic carbocycles. The predicted molar refractivity (Wildman–Crippen MR) is 130 cm³/mol. The van der Waals surface area contributed by atoms with Gasteiger partial charge in [-0.1, -0.05) is 81.4 Å². The first kappa shape index (κ1) is 24.3. The van der Waals surface area contributed by atoms with Crippen LogP contribution in [-0.4, -0.2) is 14.1 Å². The Balaban J connectivity index is 2.05. The standard InChI is InChI=1S/C26H42N2O2S/c1-15(2)18-11-19(16(3)4)24(20(12-18)17(5)6)31(29,30)28-27-22-14-25(7,8)23-13-21(22)26(23,9)10/h11-12,15-17,21,23,28H,13-14H2,1-10H3/b27-22-/t21-,23+/m1/s1. The SMILES string of the molecule is CC(C)c1cc(C(C)C)c(S(=O)(=O)N/N=C2/CC(C)(C)[C@@H]3C[C@H]2C3(C)C)c(C(C)C)c1. The zero-order valence-electron chi connectivity index (χ0n) is 21.1. The fourth-order valence-electron chi connectivity index (χ4n) is 6.01. The summed E-state index contributed by atoms with van der Waals surface area (Å²) in [5, 5.41) is 4.58. The first-order valence-corrected chi connectivity index (χ1v) is 13.3. The van der Waals surface area contributed by atoms with Crippen LogP contribution < -0.4 is 4.83 Å². The Hall–Kier alpha value is -1.36. The molecule has 0 radical (unpaired) electrons. The molecule has 3 aliphatic rings. The van der Waals surface area contributed by atoms with E-state index in [2.05, 4.69) is 91.3 Å². The van der Waals surface area contributed by atoms with Gasteiger partial charge in [-0.3, -0.25) is 0 Å². The molecule has 0 aliphatic heterocycles. The minimum absolute atomic E-state index is 0.107. The third-order valence-electron chi connectivity index (χ3n) is 7.91. The van der Waals surface area contributed by atoms with Crippen LogP contribution in [-0.2, 0) is 10.0 Å². The molecule has 0 spiro atoms. The largest absolute Gasteiger partial charge is 0.277 e. The van der Waals surface area contributed by atoms with Crippen LogP contribution in [0.5, 0.6) is 0 Å². The minimum atomic E-state index is -3.77. The Morgan fingerprint density at radius 3 is 1.84 bits per heavy atom. The quantitative estimate of drug-likeness (QED) is 0.489. The molecule has 0 saturated heterocycles. The normalized spacial score (nSPS) is 25.9. The van der Waals surface area contributed by atoms with Crippen molar-refractivity contribution < 1.29 is 8.42 Å². The lowest BCUT2D eigenvalue weighted by atomic mass is 9.41. The lowest BCUT2D eigenvalue weighted by molar-refractivity contribution is -0.0802. The van der Waals surface area contributed by atoms with Gasteiger partial charge >= 0.3 is 0 Å². The van der Waals surface area contributed by atoms with E-state index in [9.17, 15) is 8.42 Å². The van der Waals surface area contributed by atoms with Gasteiger partial charge in [0.25, 0.3) is 10.0 Å². The third kappa shape index (κ3) is 4.19. The fourth-order valence-corrected chi connectivity index (χ4v) is 7.55. The number of sulfonamides is 1. The maximum Gasteiger partial charge on any atom is 0.277 e. The second-order valence-corrected chi connectivity index (χ2v) is 13.6. The van der Waals surface area contributed by atoms with E-state index in [1.165, 1.54) is 5.56 Å². The van der Waals surface area contributed by atoms with Gasteiger partial charge in [0.05, 0.1) is 4.90 Å². The van der Waals surface area contributed by atoms with Crippen molar-refractivity contribution in [1.82, 2.24) is 4.83 Å². The highest BCUT2D eigenvalue weighted by Gasteiger charge is 2.60. The summed E-state index contributed by atoms with van der Waals surface area (Å²) in [5.74, 6) is 1.60. The molecular formula is C26H42N2O2S. The van der Waals surface area contributed by atoms with E-state index in [1.807, 2.05) is 0 Å². The highest BCUT2D eigenvalue weighted by Crippen LogP contribution is 2.64. The zero-order valence-corrected chi connectivity index (χ0v) is 21.9. The highest BCUT2D eigenvalue weighted by atomic mass is 32.2. The van der Waals surface area contributed by atoms with Crippen molar-refractivity contribution >= 4 is 15.7 Å². The second-order valence-electron chi connectivity index (χ2n) is 12.0.